The maximum atomic E-state index is 12.5. The highest BCUT2D eigenvalue weighted by Gasteiger charge is 2.24. The van der Waals surface area contributed by atoms with Crippen LogP contribution in [0.15, 0.2) is 0 Å². The second-order valence-corrected chi connectivity index (χ2v) is 10.5. The molecule has 2 atom stereocenters. The van der Waals surface area contributed by atoms with Crippen LogP contribution in [0, 0.1) is 0 Å². The molecule has 0 radical (unpaired) electrons. The van der Waals surface area contributed by atoms with Gasteiger partial charge in [0.1, 0.15) is 12.2 Å². The number of esters is 2. The minimum Gasteiger partial charge on any atom is -0.459 e. The largest absolute Gasteiger partial charge is 0.459 e. The molecule has 4 nitrogen and oxygen atoms in total. The van der Waals surface area contributed by atoms with Crippen LogP contribution in [0.4, 0.5) is 0 Å². The zero-order valence-electron chi connectivity index (χ0n) is 24.1. The van der Waals surface area contributed by atoms with Gasteiger partial charge in [-0.25, -0.2) is 0 Å². The fourth-order valence-electron chi connectivity index (χ4n) is 4.54. The number of hydrogen-bond donors (Lipinski definition) is 0. The molecule has 0 fully saturated rings. The van der Waals surface area contributed by atoms with Gasteiger partial charge in [-0.05, 0) is 32.6 Å². The molecule has 0 aliphatic heterocycles. The Labute approximate surface area is 218 Å². The summed E-state index contributed by atoms with van der Waals surface area (Å²) in [6.45, 7) is 8.57. The Morgan fingerprint density at radius 3 is 1.26 bits per heavy atom. The zero-order valence-corrected chi connectivity index (χ0v) is 24.1. The Morgan fingerprint density at radius 1 is 0.486 bits per heavy atom. The molecule has 0 aromatic heterocycles. The molecule has 35 heavy (non-hydrogen) atoms. The van der Waals surface area contributed by atoms with E-state index in [-0.39, 0.29) is 24.1 Å². The van der Waals surface area contributed by atoms with E-state index in [4.69, 9.17) is 9.47 Å². The minimum absolute atomic E-state index is 0.135. The Balaban J connectivity index is 4.36. The van der Waals surface area contributed by atoms with Crippen molar-refractivity contribution in [2.75, 3.05) is 0 Å². The highest BCUT2D eigenvalue weighted by molar-refractivity contribution is 5.70. The van der Waals surface area contributed by atoms with Crippen molar-refractivity contribution < 1.29 is 19.1 Å². The van der Waals surface area contributed by atoms with Crippen molar-refractivity contribution in [3.8, 4) is 0 Å². The van der Waals surface area contributed by atoms with Crippen LogP contribution in [0.3, 0.4) is 0 Å². The van der Waals surface area contributed by atoms with Gasteiger partial charge in [0.15, 0.2) is 0 Å². The number of rotatable bonds is 26. The van der Waals surface area contributed by atoms with E-state index in [1.54, 1.807) is 0 Å². The van der Waals surface area contributed by atoms with Gasteiger partial charge in [-0.15, -0.1) is 0 Å². The van der Waals surface area contributed by atoms with E-state index in [1.165, 1.54) is 89.9 Å². The Kier molecular flexibility index (Phi) is 25.2. The lowest BCUT2D eigenvalue weighted by atomic mass is 10.0. The van der Waals surface area contributed by atoms with Gasteiger partial charge in [0, 0.05) is 12.8 Å². The zero-order chi connectivity index (χ0) is 26.0. The van der Waals surface area contributed by atoms with Gasteiger partial charge in [-0.1, -0.05) is 130 Å². The molecular weight excluding hydrogens is 436 g/mol. The average Bonchev–Trinajstić information content (AvgIpc) is 2.84. The normalized spacial score (nSPS) is 12.9. The molecule has 0 amide bonds. The molecule has 0 aromatic carbocycles. The third-order valence-electron chi connectivity index (χ3n) is 6.93. The molecule has 0 saturated heterocycles. The summed E-state index contributed by atoms with van der Waals surface area (Å²) >= 11 is 0. The topological polar surface area (TPSA) is 52.6 Å². The Bertz CT molecular complexity index is 477. The number of ether oxygens (including phenoxy) is 2. The molecule has 0 aromatic rings. The SMILES string of the molecule is CCCCCCCCCC(=O)OC(C)C(CCCCCCCC)OC(=O)CCCCCCCCC. The van der Waals surface area contributed by atoms with Crippen LogP contribution in [-0.4, -0.2) is 24.1 Å². The predicted molar refractivity (Wildman–Crippen MR) is 149 cm³/mol. The number of hydrogen-bond acceptors (Lipinski definition) is 4. The summed E-state index contributed by atoms with van der Waals surface area (Å²) in [5.74, 6) is -0.286. The van der Waals surface area contributed by atoms with E-state index in [9.17, 15) is 9.59 Å². The van der Waals surface area contributed by atoms with Crippen LogP contribution < -0.4 is 0 Å². The monoisotopic (exact) mass is 496 g/mol. The van der Waals surface area contributed by atoms with Crippen molar-refractivity contribution >= 4 is 11.9 Å². The summed E-state index contributed by atoms with van der Waals surface area (Å²) < 4.78 is 11.6. The summed E-state index contributed by atoms with van der Waals surface area (Å²) in [6, 6.07) is 0. The molecule has 2 unspecified atom stereocenters. The van der Waals surface area contributed by atoms with Crippen LogP contribution in [0.5, 0.6) is 0 Å². The van der Waals surface area contributed by atoms with Crippen LogP contribution in [0.25, 0.3) is 0 Å². The van der Waals surface area contributed by atoms with Crippen LogP contribution in [-0.2, 0) is 19.1 Å². The van der Waals surface area contributed by atoms with E-state index in [0.29, 0.717) is 12.8 Å². The lowest BCUT2D eigenvalue weighted by Crippen LogP contribution is -2.33. The second-order valence-electron chi connectivity index (χ2n) is 10.5. The van der Waals surface area contributed by atoms with Gasteiger partial charge >= 0.3 is 11.9 Å². The van der Waals surface area contributed by atoms with Crippen molar-refractivity contribution in [2.24, 2.45) is 0 Å². The summed E-state index contributed by atoms with van der Waals surface area (Å²) in [4.78, 5) is 24.9. The molecule has 0 heterocycles. The summed E-state index contributed by atoms with van der Waals surface area (Å²) in [6.07, 6.45) is 24.8. The molecule has 0 spiro atoms. The molecular formula is C31H60O4. The molecule has 0 bridgehead atoms. The lowest BCUT2D eigenvalue weighted by Gasteiger charge is -2.24. The van der Waals surface area contributed by atoms with Crippen molar-refractivity contribution in [2.45, 2.75) is 188 Å². The lowest BCUT2D eigenvalue weighted by molar-refractivity contribution is -0.167. The molecule has 0 N–H and O–H groups in total. The van der Waals surface area contributed by atoms with E-state index in [0.717, 1.165) is 44.9 Å². The van der Waals surface area contributed by atoms with Gasteiger partial charge in [0.25, 0.3) is 0 Å². The quantitative estimate of drug-likeness (QED) is 0.0883. The maximum absolute atomic E-state index is 12.5. The van der Waals surface area contributed by atoms with Crippen molar-refractivity contribution in [3.05, 3.63) is 0 Å². The minimum atomic E-state index is -0.374. The standard InChI is InChI=1S/C31H60O4/c1-5-8-11-14-17-20-23-26-30(32)34-28(4)29(25-22-19-16-13-10-7-3)35-31(33)27-24-21-18-15-12-9-6-2/h28-29H,5-27H2,1-4H3. The van der Waals surface area contributed by atoms with E-state index < -0.39 is 0 Å². The highest BCUT2D eigenvalue weighted by atomic mass is 16.6. The summed E-state index contributed by atoms with van der Waals surface area (Å²) in [7, 11) is 0. The van der Waals surface area contributed by atoms with Crippen LogP contribution >= 0.6 is 0 Å². The maximum Gasteiger partial charge on any atom is 0.306 e. The highest BCUT2D eigenvalue weighted by Crippen LogP contribution is 2.18. The van der Waals surface area contributed by atoms with Gasteiger partial charge in [0.2, 0.25) is 0 Å². The molecule has 0 saturated carbocycles. The van der Waals surface area contributed by atoms with E-state index in [2.05, 4.69) is 20.8 Å². The van der Waals surface area contributed by atoms with Crippen LogP contribution in [0.1, 0.15) is 175 Å². The molecule has 208 valence electrons. The van der Waals surface area contributed by atoms with Crippen LogP contribution in [0.2, 0.25) is 0 Å². The fraction of sp³-hybridized carbons (Fsp3) is 0.935. The molecule has 0 aliphatic carbocycles. The molecule has 4 heteroatoms. The predicted octanol–water partition coefficient (Wildman–Crippen LogP) is 9.86. The first kappa shape index (κ1) is 33.9. The summed E-state index contributed by atoms with van der Waals surface area (Å²) in [5.41, 5.74) is 0. The van der Waals surface area contributed by atoms with Gasteiger partial charge in [-0.3, -0.25) is 9.59 Å². The summed E-state index contributed by atoms with van der Waals surface area (Å²) in [5, 5.41) is 0. The second kappa shape index (κ2) is 26.0. The van der Waals surface area contributed by atoms with Crippen molar-refractivity contribution in [3.63, 3.8) is 0 Å². The molecule has 0 aliphatic rings. The number of carbonyl (C=O) groups excluding carboxylic acids is 2. The fourth-order valence-corrected chi connectivity index (χ4v) is 4.54. The van der Waals surface area contributed by atoms with Crippen molar-refractivity contribution in [1.29, 1.82) is 0 Å². The average molecular weight is 497 g/mol. The Hall–Kier alpha value is -1.06. The van der Waals surface area contributed by atoms with Gasteiger partial charge < -0.3 is 9.47 Å². The van der Waals surface area contributed by atoms with Gasteiger partial charge in [-0.2, -0.15) is 0 Å². The smallest absolute Gasteiger partial charge is 0.306 e. The number of unbranched alkanes of at least 4 members (excludes halogenated alkanes) is 17. The van der Waals surface area contributed by atoms with E-state index >= 15 is 0 Å². The molecule has 0 rings (SSSR count). The van der Waals surface area contributed by atoms with Gasteiger partial charge in [0.05, 0.1) is 0 Å². The number of carbonyl (C=O) groups is 2. The first-order valence-corrected chi connectivity index (χ1v) is 15.4. The first-order chi connectivity index (χ1) is 17.0. The van der Waals surface area contributed by atoms with E-state index in [1.807, 2.05) is 6.92 Å². The van der Waals surface area contributed by atoms with Crippen molar-refractivity contribution in [1.82, 2.24) is 0 Å². The third kappa shape index (κ3) is 23.1. The Morgan fingerprint density at radius 2 is 0.829 bits per heavy atom. The first-order valence-electron chi connectivity index (χ1n) is 15.4. The third-order valence-corrected chi connectivity index (χ3v) is 6.93.